The molecule has 0 bridgehead atoms. The van der Waals surface area contributed by atoms with Gasteiger partial charge in [0.1, 0.15) is 0 Å². The van der Waals surface area contributed by atoms with Gasteiger partial charge in [0.15, 0.2) is 5.82 Å². The molecule has 96 valence electrons. The van der Waals surface area contributed by atoms with Crippen LogP contribution in [0.5, 0.6) is 0 Å². The summed E-state index contributed by atoms with van der Waals surface area (Å²) in [4.78, 5) is 4.14. The van der Waals surface area contributed by atoms with E-state index in [0.29, 0.717) is 24.3 Å². The maximum absolute atomic E-state index is 5.85. The zero-order valence-corrected chi connectivity index (χ0v) is 11.2. The maximum Gasteiger partial charge on any atom is 0.240 e. The van der Waals surface area contributed by atoms with Crippen molar-refractivity contribution < 1.29 is 4.52 Å². The topological polar surface area (TPSA) is 51.0 Å². The Labute approximate surface area is 111 Å². The lowest BCUT2D eigenvalue weighted by Crippen LogP contribution is -2.27. The first-order valence-electron chi connectivity index (χ1n) is 5.90. The van der Waals surface area contributed by atoms with Crippen LogP contribution in [0.25, 0.3) is 0 Å². The van der Waals surface area contributed by atoms with Crippen molar-refractivity contribution in [3.63, 3.8) is 0 Å². The molecule has 0 aliphatic rings. The van der Waals surface area contributed by atoms with E-state index in [1.807, 2.05) is 31.2 Å². The van der Waals surface area contributed by atoms with Crippen LogP contribution in [0.3, 0.4) is 0 Å². The number of hydrogen-bond acceptors (Lipinski definition) is 4. The average Bonchev–Trinajstić information content (AvgIpc) is 2.76. The third-order valence-electron chi connectivity index (χ3n) is 2.63. The van der Waals surface area contributed by atoms with Crippen molar-refractivity contribution in [2.45, 2.75) is 32.9 Å². The van der Waals surface area contributed by atoms with Gasteiger partial charge in [-0.2, -0.15) is 4.98 Å². The Balaban J connectivity index is 1.81. The Hall–Kier alpha value is -1.39. The summed E-state index contributed by atoms with van der Waals surface area (Å²) in [6.45, 7) is 4.53. The quantitative estimate of drug-likeness (QED) is 0.903. The summed E-state index contributed by atoms with van der Waals surface area (Å²) in [5, 5.41) is 7.86. The fourth-order valence-corrected chi connectivity index (χ4v) is 1.85. The van der Waals surface area contributed by atoms with Gasteiger partial charge >= 0.3 is 0 Å². The molecule has 5 heteroatoms. The molecule has 4 nitrogen and oxygen atoms in total. The Morgan fingerprint density at radius 1 is 1.33 bits per heavy atom. The van der Waals surface area contributed by atoms with Crippen LogP contribution in [0, 0.1) is 6.92 Å². The van der Waals surface area contributed by atoms with Gasteiger partial charge in [0.2, 0.25) is 5.89 Å². The van der Waals surface area contributed by atoms with Crippen LogP contribution >= 0.6 is 11.6 Å². The minimum Gasteiger partial charge on any atom is -0.338 e. The second-order valence-electron chi connectivity index (χ2n) is 4.35. The van der Waals surface area contributed by atoms with E-state index in [4.69, 9.17) is 16.1 Å². The van der Waals surface area contributed by atoms with Gasteiger partial charge in [-0.25, -0.2) is 0 Å². The molecule has 1 aromatic heterocycles. The fraction of sp³-hybridized carbons (Fsp3) is 0.385. The smallest absolute Gasteiger partial charge is 0.240 e. The molecule has 0 unspecified atom stereocenters. The van der Waals surface area contributed by atoms with Gasteiger partial charge in [-0.05, 0) is 38.0 Å². The molecular formula is C13H16ClN3O. The molecule has 1 heterocycles. The first-order valence-corrected chi connectivity index (χ1v) is 6.28. The van der Waals surface area contributed by atoms with E-state index in [-0.39, 0.29) is 0 Å². The summed E-state index contributed by atoms with van der Waals surface area (Å²) in [5.74, 6) is 1.28. The molecular weight excluding hydrogens is 250 g/mol. The molecule has 0 fully saturated rings. The molecule has 1 aromatic carbocycles. The Bertz CT molecular complexity index is 495. The van der Waals surface area contributed by atoms with Crippen LogP contribution in [-0.4, -0.2) is 16.2 Å². The van der Waals surface area contributed by atoms with Crippen molar-refractivity contribution in [3.8, 4) is 0 Å². The number of aryl methyl sites for hydroxylation is 1. The normalized spacial score (nSPS) is 12.6. The predicted molar refractivity (Wildman–Crippen MR) is 70.5 cm³/mol. The highest BCUT2D eigenvalue weighted by Gasteiger charge is 2.06. The second-order valence-corrected chi connectivity index (χ2v) is 4.78. The molecule has 0 aliphatic heterocycles. The van der Waals surface area contributed by atoms with Crippen LogP contribution in [0.4, 0.5) is 0 Å². The first kappa shape index (κ1) is 13.1. The molecule has 1 atom stereocenters. The van der Waals surface area contributed by atoms with Crippen molar-refractivity contribution in [2.24, 2.45) is 0 Å². The summed E-state index contributed by atoms with van der Waals surface area (Å²) in [5.41, 5.74) is 1.25. The third-order valence-corrected chi connectivity index (χ3v) is 2.88. The Kier molecular flexibility index (Phi) is 4.33. The minimum absolute atomic E-state index is 0.332. The molecule has 18 heavy (non-hydrogen) atoms. The average molecular weight is 266 g/mol. The van der Waals surface area contributed by atoms with E-state index < -0.39 is 0 Å². The number of rotatable bonds is 5. The number of hydrogen-bond donors (Lipinski definition) is 1. The summed E-state index contributed by atoms with van der Waals surface area (Å²) < 4.78 is 5.04. The lowest BCUT2D eigenvalue weighted by atomic mass is 10.1. The van der Waals surface area contributed by atoms with Crippen molar-refractivity contribution in [2.75, 3.05) is 0 Å². The van der Waals surface area contributed by atoms with Crippen LogP contribution < -0.4 is 5.32 Å². The Morgan fingerprint density at radius 2 is 2.06 bits per heavy atom. The molecule has 2 aromatic rings. The molecule has 0 saturated heterocycles. The SMILES string of the molecule is Cc1noc(CN[C@H](C)Cc2ccc(Cl)cc2)n1. The van der Waals surface area contributed by atoms with E-state index in [1.165, 1.54) is 5.56 Å². The molecule has 0 spiro atoms. The van der Waals surface area contributed by atoms with Gasteiger partial charge < -0.3 is 9.84 Å². The van der Waals surface area contributed by atoms with Crippen molar-refractivity contribution in [1.82, 2.24) is 15.5 Å². The van der Waals surface area contributed by atoms with Gasteiger partial charge in [0.25, 0.3) is 0 Å². The first-order chi connectivity index (χ1) is 8.63. The van der Waals surface area contributed by atoms with Gasteiger partial charge in [0.05, 0.1) is 6.54 Å². The molecule has 0 saturated carbocycles. The van der Waals surface area contributed by atoms with Gasteiger partial charge in [-0.3, -0.25) is 0 Å². The second kappa shape index (κ2) is 5.98. The van der Waals surface area contributed by atoms with E-state index in [1.54, 1.807) is 0 Å². The summed E-state index contributed by atoms with van der Waals surface area (Å²) in [6, 6.07) is 8.23. The molecule has 2 rings (SSSR count). The predicted octanol–water partition coefficient (Wildman–Crippen LogP) is 2.75. The van der Waals surface area contributed by atoms with Gasteiger partial charge in [0, 0.05) is 11.1 Å². The van der Waals surface area contributed by atoms with E-state index >= 15 is 0 Å². The molecule has 0 radical (unpaired) electrons. The standard InChI is InChI=1S/C13H16ClN3O/c1-9(7-11-3-5-12(14)6-4-11)15-8-13-16-10(2)17-18-13/h3-6,9,15H,7-8H2,1-2H3/t9-/m1/s1. The highest BCUT2D eigenvalue weighted by atomic mass is 35.5. The van der Waals surface area contributed by atoms with E-state index in [9.17, 15) is 0 Å². The molecule has 1 N–H and O–H groups in total. The van der Waals surface area contributed by atoms with E-state index in [2.05, 4.69) is 22.4 Å². The summed E-state index contributed by atoms with van der Waals surface area (Å²) in [6.07, 6.45) is 0.935. The van der Waals surface area contributed by atoms with Gasteiger partial charge in [-0.1, -0.05) is 28.9 Å². The van der Waals surface area contributed by atoms with Crippen molar-refractivity contribution in [3.05, 3.63) is 46.6 Å². The number of benzene rings is 1. The fourth-order valence-electron chi connectivity index (χ4n) is 1.72. The van der Waals surface area contributed by atoms with E-state index in [0.717, 1.165) is 11.4 Å². The third kappa shape index (κ3) is 3.82. The molecule has 0 aliphatic carbocycles. The van der Waals surface area contributed by atoms with Crippen LogP contribution in [0.1, 0.15) is 24.2 Å². The van der Waals surface area contributed by atoms with Crippen LogP contribution in [0.15, 0.2) is 28.8 Å². The van der Waals surface area contributed by atoms with Crippen LogP contribution in [-0.2, 0) is 13.0 Å². The number of nitrogens with zero attached hydrogens (tertiary/aromatic N) is 2. The monoisotopic (exact) mass is 265 g/mol. The minimum atomic E-state index is 0.332. The summed E-state index contributed by atoms with van der Waals surface area (Å²) in [7, 11) is 0. The number of nitrogens with one attached hydrogen (secondary N) is 1. The largest absolute Gasteiger partial charge is 0.338 e. The highest BCUT2D eigenvalue weighted by molar-refractivity contribution is 6.30. The zero-order chi connectivity index (χ0) is 13.0. The molecule has 0 amide bonds. The number of halogens is 1. The number of aromatic nitrogens is 2. The van der Waals surface area contributed by atoms with Crippen molar-refractivity contribution in [1.29, 1.82) is 0 Å². The zero-order valence-electron chi connectivity index (χ0n) is 10.5. The maximum atomic E-state index is 5.85. The lowest BCUT2D eigenvalue weighted by molar-refractivity contribution is 0.356. The van der Waals surface area contributed by atoms with Gasteiger partial charge in [-0.15, -0.1) is 0 Å². The Morgan fingerprint density at radius 3 is 2.67 bits per heavy atom. The lowest BCUT2D eigenvalue weighted by Gasteiger charge is -2.12. The highest BCUT2D eigenvalue weighted by Crippen LogP contribution is 2.11. The van der Waals surface area contributed by atoms with Crippen LogP contribution in [0.2, 0.25) is 5.02 Å². The summed E-state index contributed by atoms with van der Waals surface area (Å²) >= 11 is 5.85. The van der Waals surface area contributed by atoms with Crippen molar-refractivity contribution >= 4 is 11.6 Å².